The fourth-order valence-electron chi connectivity index (χ4n) is 2.35. The van der Waals surface area contributed by atoms with E-state index in [0.29, 0.717) is 10.5 Å². The molecule has 1 aliphatic rings. The fourth-order valence-corrected chi connectivity index (χ4v) is 4.17. The first-order chi connectivity index (χ1) is 8.04. The molecule has 0 aliphatic heterocycles. The highest BCUT2D eigenvalue weighted by Gasteiger charge is 2.32. The zero-order valence-electron chi connectivity index (χ0n) is 11.0. The summed E-state index contributed by atoms with van der Waals surface area (Å²) in [7, 11) is -2.78. The van der Waals surface area contributed by atoms with Gasteiger partial charge in [0.15, 0.2) is 0 Å². The third-order valence-electron chi connectivity index (χ3n) is 3.64. The second-order valence-corrected chi connectivity index (χ2v) is 8.61. The van der Waals surface area contributed by atoms with Gasteiger partial charge in [0.05, 0.1) is 5.75 Å². The Bertz CT molecular complexity index is 308. The van der Waals surface area contributed by atoms with Crippen molar-refractivity contribution in [2.45, 2.75) is 43.8 Å². The largest absolute Gasteiger partial charge is 0.315 e. The molecule has 1 saturated carbocycles. The minimum atomic E-state index is -2.78. The van der Waals surface area contributed by atoms with Gasteiger partial charge < -0.3 is 5.32 Å². The second-order valence-electron chi connectivity index (χ2n) is 4.86. The van der Waals surface area contributed by atoms with Crippen LogP contribution in [0.5, 0.6) is 0 Å². The smallest absolute Gasteiger partial charge is 0.150 e. The predicted octanol–water partition coefficient (Wildman–Crippen LogP) is 2.08. The van der Waals surface area contributed by atoms with Crippen molar-refractivity contribution in [3.05, 3.63) is 0 Å². The van der Waals surface area contributed by atoms with Crippen LogP contribution in [0.4, 0.5) is 0 Å². The van der Waals surface area contributed by atoms with Gasteiger partial charge in [0.1, 0.15) is 9.84 Å². The molecule has 0 aromatic carbocycles. The molecule has 1 aliphatic carbocycles. The molecule has 1 N–H and O–H groups in total. The van der Waals surface area contributed by atoms with Crippen LogP contribution in [0.2, 0.25) is 0 Å². The summed E-state index contributed by atoms with van der Waals surface area (Å²) >= 11 is 1.97. The van der Waals surface area contributed by atoms with Gasteiger partial charge in [-0.15, -0.1) is 0 Å². The van der Waals surface area contributed by atoms with E-state index in [9.17, 15) is 8.42 Å². The van der Waals surface area contributed by atoms with Gasteiger partial charge in [-0.2, -0.15) is 11.8 Å². The summed E-state index contributed by atoms with van der Waals surface area (Å²) in [6.07, 6.45) is 8.21. The summed E-state index contributed by atoms with van der Waals surface area (Å²) in [5, 5.41) is 3.43. The Labute approximate surface area is 110 Å². The van der Waals surface area contributed by atoms with Gasteiger partial charge in [-0.25, -0.2) is 8.42 Å². The molecule has 1 fully saturated rings. The van der Waals surface area contributed by atoms with E-state index in [2.05, 4.69) is 11.6 Å². The number of thioether (sulfide) groups is 1. The lowest BCUT2D eigenvalue weighted by Crippen LogP contribution is -2.36. The van der Waals surface area contributed by atoms with Crippen molar-refractivity contribution in [2.24, 2.45) is 0 Å². The maximum Gasteiger partial charge on any atom is 0.150 e. The lowest BCUT2D eigenvalue weighted by molar-refractivity contribution is 0.531. The lowest BCUT2D eigenvalue weighted by atomic mass is 10.1. The van der Waals surface area contributed by atoms with Crippen molar-refractivity contribution < 1.29 is 8.42 Å². The normalized spacial score (nSPS) is 19.6. The maximum atomic E-state index is 11.3. The van der Waals surface area contributed by atoms with Gasteiger partial charge in [-0.1, -0.05) is 19.8 Å². The standard InChI is InChI=1S/C12H25NO2S2/c1-3-17(14,15)10-6-9-13-11-12(16-2)7-4-5-8-12/h13H,3-11H2,1-2H3. The summed E-state index contributed by atoms with van der Waals surface area (Å²) in [6.45, 7) is 3.56. The Morgan fingerprint density at radius 3 is 2.47 bits per heavy atom. The first kappa shape index (κ1) is 15.3. The number of rotatable bonds is 8. The molecule has 0 saturated heterocycles. The average Bonchev–Trinajstić information content (AvgIpc) is 2.78. The average molecular weight is 279 g/mol. The minimum Gasteiger partial charge on any atom is -0.315 e. The van der Waals surface area contributed by atoms with E-state index in [-0.39, 0.29) is 5.75 Å². The molecule has 0 aromatic heterocycles. The van der Waals surface area contributed by atoms with Gasteiger partial charge in [-0.3, -0.25) is 0 Å². The van der Waals surface area contributed by atoms with Crippen LogP contribution in [0.15, 0.2) is 0 Å². The van der Waals surface area contributed by atoms with Crippen LogP contribution in [0.25, 0.3) is 0 Å². The molecule has 0 amide bonds. The molecule has 0 aromatic rings. The Morgan fingerprint density at radius 2 is 1.94 bits per heavy atom. The van der Waals surface area contributed by atoms with Crippen molar-refractivity contribution in [3.63, 3.8) is 0 Å². The molecule has 0 bridgehead atoms. The number of sulfone groups is 1. The number of hydrogen-bond acceptors (Lipinski definition) is 4. The molecule has 17 heavy (non-hydrogen) atoms. The molecule has 0 heterocycles. The van der Waals surface area contributed by atoms with E-state index < -0.39 is 9.84 Å². The molecule has 102 valence electrons. The van der Waals surface area contributed by atoms with Crippen molar-refractivity contribution in [1.82, 2.24) is 5.32 Å². The van der Waals surface area contributed by atoms with Gasteiger partial charge in [0.25, 0.3) is 0 Å². The molecule has 0 unspecified atom stereocenters. The molecule has 0 spiro atoms. The zero-order chi connectivity index (χ0) is 12.8. The second kappa shape index (κ2) is 7.00. The summed E-state index contributed by atoms with van der Waals surface area (Å²) in [5.74, 6) is 0.588. The van der Waals surface area contributed by atoms with E-state index in [1.165, 1.54) is 25.7 Å². The van der Waals surface area contributed by atoms with E-state index in [4.69, 9.17) is 0 Å². The Balaban J connectivity index is 2.15. The van der Waals surface area contributed by atoms with E-state index >= 15 is 0 Å². The lowest BCUT2D eigenvalue weighted by Gasteiger charge is -2.27. The van der Waals surface area contributed by atoms with Crippen LogP contribution in [0.3, 0.4) is 0 Å². The predicted molar refractivity (Wildman–Crippen MR) is 76.5 cm³/mol. The van der Waals surface area contributed by atoms with Crippen LogP contribution in [-0.4, -0.2) is 44.0 Å². The third kappa shape index (κ3) is 5.18. The van der Waals surface area contributed by atoms with Crippen molar-refractivity contribution >= 4 is 21.6 Å². The molecular formula is C12H25NO2S2. The summed E-state index contributed by atoms with van der Waals surface area (Å²) in [6, 6.07) is 0. The molecule has 0 radical (unpaired) electrons. The molecule has 3 nitrogen and oxygen atoms in total. The molecule has 0 atom stereocenters. The Kier molecular flexibility index (Phi) is 6.31. The van der Waals surface area contributed by atoms with Crippen LogP contribution >= 0.6 is 11.8 Å². The summed E-state index contributed by atoms with van der Waals surface area (Å²) in [5.41, 5.74) is 0. The highest BCUT2D eigenvalue weighted by atomic mass is 32.2. The van der Waals surface area contributed by atoms with Crippen LogP contribution in [0, 0.1) is 0 Å². The van der Waals surface area contributed by atoms with E-state index in [1.807, 2.05) is 11.8 Å². The zero-order valence-corrected chi connectivity index (χ0v) is 12.6. The SMILES string of the molecule is CCS(=O)(=O)CCCNCC1(SC)CCCC1. The maximum absolute atomic E-state index is 11.3. The van der Waals surface area contributed by atoms with Crippen LogP contribution in [0.1, 0.15) is 39.0 Å². The van der Waals surface area contributed by atoms with Gasteiger partial charge in [0, 0.05) is 17.0 Å². The fraction of sp³-hybridized carbons (Fsp3) is 1.00. The summed E-state index contributed by atoms with van der Waals surface area (Å²) < 4.78 is 23.0. The molecular weight excluding hydrogens is 254 g/mol. The van der Waals surface area contributed by atoms with Gasteiger partial charge in [0.2, 0.25) is 0 Å². The van der Waals surface area contributed by atoms with E-state index in [1.54, 1.807) is 6.92 Å². The molecule has 5 heteroatoms. The monoisotopic (exact) mass is 279 g/mol. The quantitative estimate of drug-likeness (QED) is 0.691. The molecule has 1 rings (SSSR count). The van der Waals surface area contributed by atoms with Crippen molar-refractivity contribution in [3.8, 4) is 0 Å². The van der Waals surface area contributed by atoms with E-state index in [0.717, 1.165) is 19.5 Å². The highest BCUT2D eigenvalue weighted by molar-refractivity contribution is 8.00. The van der Waals surface area contributed by atoms with Crippen molar-refractivity contribution in [2.75, 3.05) is 30.9 Å². The first-order valence-electron chi connectivity index (χ1n) is 6.50. The Hall–Kier alpha value is 0.260. The third-order valence-corrected chi connectivity index (χ3v) is 6.85. The number of hydrogen-bond donors (Lipinski definition) is 1. The highest BCUT2D eigenvalue weighted by Crippen LogP contribution is 2.39. The Morgan fingerprint density at radius 1 is 1.29 bits per heavy atom. The minimum absolute atomic E-state index is 0.266. The topological polar surface area (TPSA) is 46.2 Å². The van der Waals surface area contributed by atoms with Gasteiger partial charge >= 0.3 is 0 Å². The number of nitrogens with one attached hydrogen (secondary N) is 1. The van der Waals surface area contributed by atoms with Crippen LogP contribution < -0.4 is 5.32 Å². The van der Waals surface area contributed by atoms with Crippen LogP contribution in [-0.2, 0) is 9.84 Å². The first-order valence-corrected chi connectivity index (χ1v) is 9.54. The summed E-state index contributed by atoms with van der Waals surface area (Å²) in [4.78, 5) is 0. The van der Waals surface area contributed by atoms with Crippen molar-refractivity contribution in [1.29, 1.82) is 0 Å². The van der Waals surface area contributed by atoms with Gasteiger partial charge in [-0.05, 0) is 32.1 Å².